The summed E-state index contributed by atoms with van der Waals surface area (Å²) in [5.41, 5.74) is 0. The Morgan fingerprint density at radius 2 is 2.38 bits per heavy atom. The second-order valence-corrected chi connectivity index (χ2v) is 3.41. The average molecular weight is 184 g/mol. The largest absolute Gasteiger partial charge is 0.447 e. The van der Waals surface area contributed by atoms with Crippen molar-refractivity contribution in [1.82, 2.24) is 10.3 Å². The van der Waals surface area contributed by atoms with Crippen LogP contribution in [0.15, 0.2) is 17.0 Å². The molecule has 0 aromatic carbocycles. The molecule has 0 spiro atoms. The lowest BCUT2D eigenvalue weighted by Crippen LogP contribution is -2.30. The topological polar surface area (TPSA) is 58.3 Å². The zero-order chi connectivity index (χ0) is 9.68. The fourth-order valence-corrected chi connectivity index (χ4v) is 0.908. The molecular weight excluding hydrogens is 168 g/mol. The molecule has 1 unspecified atom stereocenters. The predicted octanol–water partition coefficient (Wildman–Crippen LogP) is 0.781. The van der Waals surface area contributed by atoms with Gasteiger partial charge in [0.15, 0.2) is 6.39 Å². The molecule has 1 aromatic rings. The van der Waals surface area contributed by atoms with Crippen LogP contribution in [0.25, 0.3) is 0 Å². The molecule has 0 aliphatic rings. The molecule has 4 nitrogen and oxygen atoms in total. The maximum absolute atomic E-state index is 9.45. The Morgan fingerprint density at radius 1 is 1.62 bits per heavy atom. The van der Waals surface area contributed by atoms with E-state index in [9.17, 15) is 5.11 Å². The van der Waals surface area contributed by atoms with Crippen LogP contribution in [-0.4, -0.2) is 22.7 Å². The third-order valence-electron chi connectivity index (χ3n) is 1.91. The Labute approximate surface area is 78.0 Å². The van der Waals surface area contributed by atoms with Crippen LogP contribution in [0, 0.1) is 5.92 Å². The van der Waals surface area contributed by atoms with Crippen LogP contribution < -0.4 is 5.32 Å². The van der Waals surface area contributed by atoms with Gasteiger partial charge in [-0.05, 0) is 5.92 Å². The monoisotopic (exact) mass is 184 g/mol. The van der Waals surface area contributed by atoms with Gasteiger partial charge in [0.2, 0.25) is 0 Å². The zero-order valence-corrected chi connectivity index (χ0v) is 8.03. The van der Waals surface area contributed by atoms with E-state index < -0.39 is 0 Å². The van der Waals surface area contributed by atoms with Gasteiger partial charge in [-0.25, -0.2) is 4.98 Å². The molecule has 74 valence electrons. The summed E-state index contributed by atoms with van der Waals surface area (Å²) in [6, 6.07) is 0. The van der Waals surface area contributed by atoms with Gasteiger partial charge in [-0.1, -0.05) is 13.8 Å². The van der Waals surface area contributed by atoms with E-state index in [0.29, 0.717) is 13.1 Å². The van der Waals surface area contributed by atoms with Crippen molar-refractivity contribution >= 4 is 0 Å². The van der Waals surface area contributed by atoms with Crippen molar-refractivity contribution in [2.45, 2.75) is 26.5 Å². The first kappa shape index (κ1) is 10.2. The van der Waals surface area contributed by atoms with Gasteiger partial charge < -0.3 is 14.8 Å². The molecule has 0 bridgehead atoms. The number of aromatic nitrogens is 1. The fourth-order valence-electron chi connectivity index (χ4n) is 0.908. The molecule has 1 aromatic heterocycles. The highest BCUT2D eigenvalue weighted by Crippen LogP contribution is 2.00. The first-order chi connectivity index (χ1) is 6.20. The molecule has 0 saturated carbocycles. The Bertz CT molecular complexity index is 222. The van der Waals surface area contributed by atoms with Gasteiger partial charge >= 0.3 is 0 Å². The molecule has 0 amide bonds. The van der Waals surface area contributed by atoms with E-state index in [2.05, 4.69) is 10.3 Å². The predicted molar refractivity (Wildman–Crippen MR) is 49.1 cm³/mol. The number of rotatable bonds is 5. The Morgan fingerprint density at radius 3 is 2.92 bits per heavy atom. The van der Waals surface area contributed by atoms with Crippen LogP contribution in [0.4, 0.5) is 0 Å². The van der Waals surface area contributed by atoms with E-state index in [1.54, 1.807) is 6.20 Å². The quantitative estimate of drug-likeness (QED) is 0.710. The fraction of sp³-hybridized carbons (Fsp3) is 0.667. The number of hydrogen-bond donors (Lipinski definition) is 2. The summed E-state index contributed by atoms with van der Waals surface area (Å²) in [5.74, 6) is 1.07. The molecule has 1 heterocycles. The lowest BCUT2D eigenvalue weighted by atomic mass is 10.1. The molecule has 2 N–H and O–H groups in total. The minimum absolute atomic E-state index is 0.280. The maximum atomic E-state index is 9.45. The molecule has 0 saturated heterocycles. The number of aliphatic hydroxyl groups excluding tert-OH is 1. The van der Waals surface area contributed by atoms with Gasteiger partial charge in [-0.2, -0.15) is 0 Å². The smallest absolute Gasteiger partial charge is 0.180 e. The lowest BCUT2D eigenvalue weighted by Gasteiger charge is -2.14. The van der Waals surface area contributed by atoms with Crippen LogP contribution in [0.3, 0.4) is 0 Å². The van der Waals surface area contributed by atoms with Crippen molar-refractivity contribution in [3.05, 3.63) is 18.4 Å². The van der Waals surface area contributed by atoms with E-state index in [1.807, 2.05) is 13.8 Å². The van der Waals surface area contributed by atoms with Gasteiger partial charge in [-0.3, -0.25) is 0 Å². The van der Waals surface area contributed by atoms with Crippen LogP contribution in [-0.2, 0) is 6.54 Å². The molecule has 4 heteroatoms. The molecule has 13 heavy (non-hydrogen) atoms. The second kappa shape index (κ2) is 4.99. The van der Waals surface area contributed by atoms with Crippen LogP contribution in [0.5, 0.6) is 0 Å². The van der Waals surface area contributed by atoms with E-state index in [-0.39, 0.29) is 12.0 Å². The minimum atomic E-state index is -0.303. The van der Waals surface area contributed by atoms with Crippen molar-refractivity contribution in [1.29, 1.82) is 0 Å². The molecule has 1 atom stereocenters. The number of nitrogens with zero attached hydrogens (tertiary/aromatic N) is 1. The molecule has 1 rings (SSSR count). The van der Waals surface area contributed by atoms with Crippen LogP contribution in [0.2, 0.25) is 0 Å². The van der Waals surface area contributed by atoms with Gasteiger partial charge in [0, 0.05) is 6.54 Å². The standard InChI is InChI=1S/C9H16N2O2/c1-7(2)9(12)5-10-3-8-4-11-6-13-8/h4,6-7,9-10,12H,3,5H2,1-2H3. The molecule has 0 fully saturated rings. The molecule has 0 aliphatic heterocycles. The van der Waals surface area contributed by atoms with Gasteiger partial charge in [0.05, 0.1) is 18.8 Å². The lowest BCUT2D eigenvalue weighted by molar-refractivity contribution is 0.123. The molecular formula is C9H16N2O2. The SMILES string of the molecule is CC(C)C(O)CNCc1cnco1. The normalized spacial score (nSPS) is 13.5. The van der Waals surface area contributed by atoms with Crippen molar-refractivity contribution in [2.24, 2.45) is 5.92 Å². The van der Waals surface area contributed by atoms with Crippen molar-refractivity contribution < 1.29 is 9.52 Å². The van der Waals surface area contributed by atoms with Gasteiger partial charge in [0.1, 0.15) is 5.76 Å². The van der Waals surface area contributed by atoms with E-state index >= 15 is 0 Å². The van der Waals surface area contributed by atoms with Crippen LogP contribution >= 0.6 is 0 Å². The second-order valence-electron chi connectivity index (χ2n) is 3.41. The summed E-state index contributed by atoms with van der Waals surface area (Å²) in [6.45, 7) is 5.17. The summed E-state index contributed by atoms with van der Waals surface area (Å²) < 4.78 is 5.02. The van der Waals surface area contributed by atoms with E-state index in [4.69, 9.17) is 4.42 Å². The van der Waals surface area contributed by atoms with Crippen molar-refractivity contribution in [2.75, 3.05) is 6.54 Å². The average Bonchev–Trinajstić information content (AvgIpc) is 2.56. The van der Waals surface area contributed by atoms with Crippen molar-refractivity contribution in [3.8, 4) is 0 Å². The summed E-state index contributed by atoms with van der Waals surface area (Å²) in [4.78, 5) is 3.79. The van der Waals surface area contributed by atoms with E-state index in [0.717, 1.165) is 5.76 Å². The maximum Gasteiger partial charge on any atom is 0.180 e. The minimum Gasteiger partial charge on any atom is -0.447 e. The van der Waals surface area contributed by atoms with Crippen LogP contribution in [0.1, 0.15) is 19.6 Å². The van der Waals surface area contributed by atoms with Gasteiger partial charge in [-0.15, -0.1) is 0 Å². The third kappa shape index (κ3) is 3.57. The highest BCUT2D eigenvalue weighted by molar-refractivity contribution is 4.87. The number of nitrogens with one attached hydrogen (secondary N) is 1. The number of hydrogen-bond acceptors (Lipinski definition) is 4. The highest BCUT2D eigenvalue weighted by atomic mass is 16.3. The summed E-state index contributed by atoms with van der Waals surface area (Å²) in [6.07, 6.45) is 2.76. The number of aliphatic hydroxyl groups is 1. The first-order valence-electron chi connectivity index (χ1n) is 4.46. The Balaban J connectivity index is 2.14. The number of oxazole rings is 1. The Kier molecular flexibility index (Phi) is 3.92. The third-order valence-corrected chi connectivity index (χ3v) is 1.91. The zero-order valence-electron chi connectivity index (χ0n) is 8.03. The van der Waals surface area contributed by atoms with Crippen molar-refractivity contribution in [3.63, 3.8) is 0 Å². The summed E-state index contributed by atoms with van der Waals surface area (Å²) in [5, 5.41) is 12.5. The highest BCUT2D eigenvalue weighted by Gasteiger charge is 2.08. The Hall–Kier alpha value is -0.870. The van der Waals surface area contributed by atoms with Gasteiger partial charge in [0.25, 0.3) is 0 Å². The molecule has 0 aliphatic carbocycles. The first-order valence-corrected chi connectivity index (χ1v) is 4.46. The molecule has 0 radical (unpaired) electrons. The summed E-state index contributed by atoms with van der Waals surface area (Å²) >= 11 is 0. The summed E-state index contributed by atoms with van der Waals surface area (Å²) in [7, 11) is 0. The van der Waals surface area contributed by atoms with E-state index in [1.165, 1.54) is 6.39 Å².